The van der Waals surface area contributed by atoms with Crippen molar-refractivity contribution >= 4 is 22.4 Å². The van der Waals surface area contributed by atoms with Crippen LogP contribution in [0.3, 0.4) is 0 Å². The summed E-state index contributed by atoms with van der Waals surface area (Å²) in [6, 6.07) is 0. The molecule has 2 aliphatic heterocycles. The van der Waals surface area contributed by atoms with E-state index in [1.807, 2.05) is 26.0 Å². The molecule has 9 atom stereocenters. The monoisotopic (exact) mass is 302 g/mol. The Hall–Kier alpha value is -1.03. The highest BCUT2D eigenvalue weighted by molar-refractivity contribution is 7.89. The minimum atomic E-state index is -1.18. The van der Waals surface area contributed by atoms with Gasteiger partial charge < -0.3 is 0 Å². The summed E-state index contributed by atoms with van der Waals surface area (Å²) in [5, 5.41) is 0. The van der Waals surface area contributed by atoms with Gasteiger partial charge in [-0.25, -0.2) is 0 Å². The third-order valence-electron chi connectivity index (χ3n) is 6.84. The molecule has 0 aromatic carbocycles. The maximum atomic E-state index is 13.2. The van der Waals surface area contributed by atoms with Crippen molar-refractivity contribution in [2.24, 2.45) is 35.5 Å². The number of carbonyl (C=O) groups excluding carboxylic acids is 2. The maximum Gasteiger partial charge on any atom is 0.142 e. The van der Waals surface area contributed by atoms with Gasteiger partial charge in [-0.3, -0.25) is 13.8 Å². The quantitative estimate of drug-likeness (QED) is 0.640. The van der Waals surface area contributed by atoms with Crippen LogP contribution in [0.2, 0.25) is 0 Å². The Morgan fingerprint density at radius 2 is 1.38 bits per heavy atom. The van der Waals surface area contributed by atoms with Gasteiger partial charge in [0.1, 0.15) is 11.6 Å². The molecule has 2 saturated carbocycles. The topological polar surface area (TPSA) is 51.2 Å². The van der Waals surface area contributed by atoms with Gasteiger partial charge >= 0.3 is 0 Å². The van der Waals surface area contributed by atoms with Gasteiger partial charge in [-0.2, -0.15) is 0 Å². The van der Waals surface area contributed by atoms with Gasteiger partial charge in [0, 0.05) is 34.5 Å². The number of allylic oxidation sites excluding steroid dienone is 2. The van der Waals surface area contributed by atoms with Crippen LogP contribution in [0.4, 0.5) is 0 Å². The maximum absolute atomic E-state index is 13.2. The van der Waals surface area contributed by atoms with E-state index in [0.29, 0.717) is 0 Å². The Kier molecular flexibility index (Phi) is 1.98. The number of rotatable bonds is 0. The lowest BCUT2D eigenvalue weighted by atomic mass is 9.56. The van der Waals surface area contributed by atoms with E-state index >= 15 is 0 Å². The number of Topliss-reactive ketones (excluding diaryl/α,β-unsaturated/α-hetero) is 2. The molecule has 0 radical (unpaired) electrons. The largest absolute Gasteiger partial charge is 0.299 e. The Bertz CT molecular complexity index is 638. The van der Waals surface area contributed by atoms with E-state index < -0.39 is 20.3 Å². The van der Waals surface area contributed by atoms with E-state index in [1.54, 1.807) is 0 Å². The minimum Gasteiger partial charge on any atom is -0.299 e. The van der Waals surface area contributed by atoms with Crippen LogP contribution in [0.15, 0.2) is 24.3 Å². The molecule has 5 aliphatic rings. The first-order chi connectivity index (χ1) is 9.89. The molecule has 110 valence electrons. The van der Waals surface area contributed by atoms with E-state index in [4.69, 9.17) is 0 Å². The molecule has 4 heteroatoms. The second-order valence-corrected chi connectivity index (χ2v) is 10.0. The Morgan fingerprint density at radius 3 is 1.81 bits per heavy atom. The van der Waals surface area contributed by atoms with Crippen molar-refractivity contribution in [1.29, 1.82) is 0 Å². The number of hydrogen-bond acceptors (Lipinski definition) is 3. The Labute approximate surface area is 126 Å². The average Bonchev–Trinajstić information content (AvgIpc) is 3.15. The van der Waals surface area contributed by atoms with Crippen LogP contribution in [0.1, 0.15) is 20.3 Å². The van der Waals surface area contributed by atoms with E-state index in [2.05, 4.69) is 12.2 Å². The summed E-state index contributed by atoms with van der Waals surface area (Å²) in [7, 11) is -1.18. The number of fused-ring (bicyclic) bond motifs is 10. The summed E-state index contributed by atoms with van der Waals surface area (Å²) in [6.45, 7) is 3.81. The van der Waals surface area contributed by atoms with Crippen molar-refractivity contribution in [3.63, 3.8) is 0 Å². The van der Waals surface area contributed by atoms with Crippen molar-refractivity contribution in [2.45, 2.75) is 29.8 Å². The number of hydrogen-bond donors (Lipinski definition) is 0. The van der Waals surface area contributed by atoms with E-state index in [0.717, 1.165) is 6.42 Å². The molecule has 0 aromatic heterocycles. The van der Waals surface area contributed by atoms with Crippen molar-refractivity contribution in [3.8, 4) is 0 Å². The van der Waals surface area contributed by atoms with E-state index in [-0.39, 0.29) is 47.1 Å². The first-order valence-corrected chi connectivity index (χ1v) is 8.93. The zero-order chi connectivity index (χ0) is 14.7. The van der Waals surface area contributed by atoms with Gasteiger partial charge in [-0.1, -0.05) is 24.3 Å². The number of ketones is 2. The molecule has 21 heavy (non-hydrogen) atoms. The standard InChI is InChI=1S/C17H18O3S/c1-16-5-6-17(2,21(16)20)13-12(16)14(18)10-8-3-4-9(7-8)11(10)15(13)19/h3-6,8-13H,7H2,1-2H3/t8-,9+,10-,11+,12-,13+,16+,17-,21?. The van der Waals surface area contributed by atoms with Gasteiger partial charge in [0.25, 0.3) is 0 Å². The first-order valence-electron chi connectivity index (χ1n) is 7.78. The molecule has 3 aliphatic carbocycles. The van der Waals surface area contributed by atoms with Crippen molar-refractivity contribution in [3.05, 3.63) is 24.3 Å². The minimum absolute atomic E-state index is 0.140. The Balaban J connectivity index is 1.72. The summed E-state index contributed by atoms with van der Waals surface area (Å²) in [4.78, 5) is 26.3. The molecular formula is C17H18O3S. The first kappa shape index (κ1) is 12.5. The van der Waals surface area contributed by atoms with Crippen LogP contribution < -0.4 is 0 Å². The van der Waals surface area contributed by atoms with Gasteiger partial charge in [-0.15, -0.1) is 0 Å². The molecule has 2 heterocycles. The highest BCUT2D eigenvalue weighted by Crippen LogP contribution is 2.64. The molecule has 1 saturated heterocycles. The zero-order valence-corrected chi connectivity index (χ0v) is 12.9. The van der Waals surface area contributed by atoms with Gasteiger partial charge in [0.2, 0.25) is 0 Å². The van der Waals surface area contributed by atoms with Crippen molar-refractivity contribution < 1.29 is 13.8 Å². The SMILES string of the molecule is C[C@]12C=C[C@](C)([C@@H]3C(=O)[C@@H]4[C@H](C(=O)[C@@H]31)[C@@H]1C=C[C@H]4C1)S2=O. The molecule has 0 amide bonds. The fraction of sp³-hybridized carbons (Fsp3) is 0.647. The lowest BCUT2D eigenvalue weighted by Crippen LogP contribution is -2.55. The summed E-state index contributed by atoms with van der Waals surface area (Å²) in [5.41, 5.74) is 0. The van der Waals surface area contributed by atoms with Crippen LogP contribution in [0.25, 0.3) is 0 Å². The normalized spacial score (nSPS) is 62.5. The van der Waals surface area contributed by atoms with E-state index in [1.165, 1.54) is 0 Å². The van der Waals surface area contributed by atoms with Crippen LogP contribution in [-0.4, -0.2) is 25.3 Å². The van der Waals surface area contributed by atoms with Gasteiger partial charge in [-0.05, 0) is 32.1 Å². The lowest BCUT2D eigenvalue weighted by molar-refractivity contribution is -0.148. The third kappa shape index (κ3) is 1.08. The van der Waals surface area contributed by atoms with Crippen LogP contribution in [0.5, 0.6) is 0 Å². The number of carbonyl (C=O) groups is 2. The fourth-order valence-corrected chi connectivity index (χ4v) is 8.23. The summed E-state index contributed by atoms with van der Waals surface area (Å²) in [6.07, 6.45) is 9.09. The second-order valence-electron chi connectivity index (χ2n) is 7.73. The van der Waals surface area contributed by atoms with Crippen molar-refractivity contribution in [1.82, 2.24) is 0 Å². The third-order valence-corrected chi connectivity index (χ3v) is 9.22. The van der Waals surface area contributed by atoms with Gasteiger partial charge in [0.05, 0.1) is 9.49 Å². The molecule has 3 nitrogen and oxygen atoms in total. The van der Waals surface area contributed by atoms with Crippen LogP contribution in [-0.2, 0) is 20.4 Å². The molecule has 0 spiro atoms. The molecule has 0 N–H and O–H groups in total. The van der Waals surface area contributed by atoms with Crippen LogP contribution >= 0.6 is 0 Å². The predicted molar refractivity (Wildman–Crippen MR) is 78.8 cm³/mol. The second kappa shape index (κ2) is 3.32. The zero-order valence-electron chi connectivity index (χ0n) is 12.1. The molecular weight excluding hydrogens is 284 g/mol. The fourth-order valence-electron chi connectivity index (χ4n) is 5.93. The van der Waals surface area contributed by atoms with Crippen LogP contribution in [0, 0.1) is 35.5 Å². The predicted octanol–water partition coefficient (Wildman–Crippen LogP) is 1.66. The smallest absolute Gasteiger partial charge is 0.142 e. The average molecular weight is 302 g/mol. The summed E-state index contributed by atoms with van der Waals surface area (Å²) >= 11 is 0. The molecule has 0 aromatic rings. The highest BCUT2D eigenvalue weighted by Gasteiger charge is 2.74. The summed E-state index contributed by atoms with van der Waals surface area (Å²) in [5.74, 6) is -0.103. The summed E-state index contributed by atoms with van der Waals surface area (Å²) < 4.78 is 11.6. The van der Waals surface area contributed by atoms with Crippen molar-refractivity contribution in [2.75, 3.05) is 0 Å². The Morgan fingerprint density at radius 1 is 0.952 bits per heavy atom. The highest BCUT2D eigenvalue weighted by atomic mass is 32.2. The lowest BCUT2D eigenvalue weighted by Gasteiger charge is -2.43. The molecule has 1 unspecified atom stereocenters. The van der Waals surface area contributed by atoms with E-state index in [9.17, 15) is 13.8 Å². The molecule has 4 bridgehead atoms. The molecule has 5 rings (SSSR count). The molecule has 3 fully saturated rings. The van der Waals surface area contributed by atoms with Gasteiger partial charge in [0.15, 0.2) is 0 Å².